The highest BCUT2D eigenvalue weighted by Gasteiger charge is 2.18. The largest absolute Gasteiger partial charge is 0.497 e. The highest BCUT2D eigenvalue weighted by Crippen LogP contribution is 2.15. The lowest BCUT2D eigenvalue weighted by Crippen LogP contribution is -2.33. The normalized spacial score (nSPS) is 10.3. The molecule has 0 fully saturated rings. The number of halogens is 1. The monoisotopic (exact) mass is 359 g/mol. The summed E-state index contributed by atoms with van der Waals surface area (Å²) < 4.78 is 23.1. The number of nitrogens with zero attached hydrogens (tertiary/aromatic N) is 1. The van der Waals surface area contributed by atoms with E-state index in [-0.39, 0.29) is 37.2 Å². The van der Waals surface area contributed by atoms with Crippen molar-refractivity contribution in [2.24, 2.45) is 0 Å². The Bertz CT molecular complexity index is 728. The lowest BCUT2D eigenvalue weighted by atomic mass is 10.1. The van der Waals surface area contributed by atoms with Gasteiger partial charge in [0.25, 0.3) is 5.91 Å². The Morgan fingerprint density at radius 1 is 1.04 bits per heavy atom. The van der Waals surface area contributed by atoms with Crippen LogP contribution < -0.4 is 4.74 Å². The van der Waals surface area contributed by atoms with Gasteiger partial charge in [0.2, 0.25) is 0 Å². The van der Waals surface area contributed by atoms with Crippen LogP contribution in [0.3, 0.4) is 0 Å². The van der Waals surface area contributed by atoms with Crippen molar-refractivity contribution in [1.82, 2.24) is 4.90 Å². The molecule has 2 rings (SSSR count). The first-order chi connectivity index (χ1) is 12.5. The summed E-state index contributed by atoms with van der Waals surface area (Å²) in [4.78, 5) is 26.1. The third kappa shape index (κ3) is 5.58. The molecule has 0 atom stereocenters. The van der Waals surface area contributed by atoms with E-state index in [2.05, 4.69) is 0 Å². The summed E-state index contributed by atoms with van der Waals surface area (Å²) in [6, 6.07) is 12.7. The van der Waals surface area contributed by atoms with Gasteiger partial charge in [0.1, 0.15) is 11.6 Å². The summed E-state index contributed by atoms with van der Waals surface area (Å²) in [5, 5.41) is 0. The maximum Gasteiger partial charge on any atom is 0.307 e. The van der Waals surface area contributed by atoms with Crippen molar-refractivity contribution in [2.75, 3.05) is 20.3 Å². The van der Waals surface area contributed by atoms with Gasteiger partial charge in [-0.25, -0.2) is 4.39 Å². The van der Waals surface area contributed by atoms with E-state index < -0.39 is 0 Å². The van der Waals surface area contributed by atoms with E-state index in [0.717, 1.165) is 5.56 Å². The molecule has 0 N–H and O–H groups in total. The maximum atomic E-state index is 13.1. The minimum absolute atomic E-state index is 0.0942. The molecule has 0 unspecified atom stereocenters. The van der Waals surface area contributed by atoms with Crippen molar-refractivity contribution in [1.29, 1.82) is 0 Å². The summed E-state index contributed by atoms with van der Waals surface area (Å²) in [6.07, 6.45) is 0.0942. The molecule has 0 radical (unpaired) electrons. The van der Waals surface area contributed by atoms with Gasteiger partial charge in [-0.2, -0.15) is 0 Å². The lowest BCUT2D eigenvalue weighted by Gasteiger charge is -2.23. The van der Waals surface area contributed by atoms with Gasteiger partial charge in [0.15, 0.2) is 0 Å². The number of benzene rings is 2. The molecule has 1 amide bonds. The fourth-order valence-corrected chi connectivity index (χ4v) is 2.44. The van der Waals surface area contributed by atoms with E-state index in [4.69, 9.17) is 9.47 Å². The van der Waals surface area contributed by atoms with Gasteiger partial charge in [0.05, 0.1) is 20.1 Å². The summed E-state index contributed by atoms with van der Waals surface area (Å²) in [7, 11) is 1.55. The van der Waals surface area contributed by atoms with Gasteiger partial charge in [-0.15, -0.1) is 0 Å². The van der Waals surface area contributed by atoms with Gasteiger partial charge < -0.3 is 14.4 Å². The smallest absolute Gasteiger partial charge is 0.307 e. The fraction of sp³-hybridized carbons (Fsp3) is 0.300. The first kappa shape index (κ1) is 19.4. The Labute approximate surface area is 152 Å². The van der Waals surface area contributed by atoms with Crippen LogP contribution in [0.5, 0.6) is 5.75 Å². The molecular formula is C20H22FNO4. The van der Waals surface area contributed by atoms with Crippen LogP contribution >= 0.6 is 0 Å². The van der Waals surface area contributed by atoms with Crippen molar-refractivity contribution >= 4 is 11.9 Å². The second kappa shape index (κ2) is 9.56. The van der Waals surface area contributed by atoms with Gasteiger partial charge in [0, 0.05) is 18.7 Å². The summed E-state index contributed by atoms with van der Waals surface area (Å²) in [6.45, 7) is 2.51. The number of carbonyl (C=O) groups excluding carboxylic acids is 2. The van der Waals surface area contributed by atoms with Crippen molar-refractivity contribution in [3.63, 3.8) is 0 Å². The highest BCUT2D eigenvalue weighted by atomic mass is 19.1. The minimum atomic E-state index is -0.362. The summed E-state index contributed by atoms with van der Waals surface area (Å²) in [5.41, 5.74) is 1.26. The molecule has 26 heavy (non-hydrogen) atoms. The van der Waals surface area contributed by atoms with Gasteiger partial charge in [-0.3, -0.25) is 9.59 Å². The first-order valence-electron chi connectivity index (χ1n) is 8.37. The van der Waals surface area contributed by atoms with Crippen LogP contribution in [0.4, 0.5) is 4.39 Å². The molecule has 0 aliphatic carbocycles. The van der Waals surface area contributed by atoms with Crippen LogP contribution in [0, 0.1) is 5.82 Å². The number of esters is 1. The second-order valence-electron chi connectivity index (χ2n) is 5.64. The van der Waals surface area contributed by atoms with Crippen molar-refractivity contribution < 1.29 is 23.5 Å². The summed E-state index contributed by atoms with van der Waals surface area (Å²) >= 11 is 0. The van der Waals surface area contributed by atoms with Gasteiger partial charge in [-0.1, -0.05) is 12.1 Å². The average molecular weight is 359 g/mol. The second-order valence-corrected chi connectivity index (χ2v) is 5.64. The zero-order valence-corrected chi connectivity index (χ0v) is 14.9. The molecule has 0 bridgehead atoms. The topological polar surface area (TPSA) is 55.8 Å². The first-order valence-corrected chi connectivity index (χ1v) is 8.37. The molecular weight excluding hydrogens is 337 g/mol. The molecule has 5 nitrogen and oxygen atoms in total. The van der Waals surface area contributed by atoms with Crippen molar-refractivity contribution in [2.45, 2.75) is 19.9 Å². The molecule has 0 aliphatic rings. The van der Waals surface area contributed by atoms with Crippen molar-refractivity contribution in [3.8, 4) is 5.75 Å². The Balaban J connectivity index is 2.15. The Morgan fingerprint density at radius 2 is 1.69 bits per heavy atom. The molecule has 0 aromatic heterocycles. The number of hydrogen-bond donors (Lipinski definition) is 0. The number of ether oxygens (including phenoxy) is 2. The third-order valence-electron chi connectivity index (χ3n) is 3.80. The molecule has 6 heteroatoms. The SMILES string of the molecule is CCOC(=O)CCN(Cc1ccc(F)cc1)C(=O)c1ccc(OC)cc1. The maximum absolute atomic E-state index is 13.1. The van der Waals surface area contributed by atoms with Crippen LogP contribution in [0.2, 0.25) is 0 Å². The lowest BCUT2D eigenvalue weighted by molar-refractivity contribution is -0.143. The standard InChI is InChI=1S/C20H22FNO4/c1-3-26-19(23)12-13-22(14-15-4-8-17(21)9-5-15)20(24)16-6-10-18(25-2)11-7-16/h4-11H,3,12-14H2,1-2H3. The number of hydrogen-bond acceptors (Lipinski definition) is 4. The van der Waals surface area contributed by atoms with Crippen LogP contribution in [0.15, 0.2) is 48.5 Å². The highest BCUT2D eigenvalue weighted by molar-refractivity contribution is 5.94. The number of carbonyl (C=O) groups is 2. The molecule has 0 saturated heterocycles. The third-order valence-corrected chi connectivity index (χ3v) is 3.80. The number of amides is 1. The Kier molecular flexibility index (Phi) is 7.14. The molecule has 0 saturated carbocycles. The van der Waals surface area contributed by atoms with Crippen LogP contribution in [-0.4, -0.2) is 37.0 Å². The van der Waals surface area contributed by atoms with E-state index in [1.165, 1.54) is 12.1 Å². The zero-order chi connectivity index (χ0) is 18.9. The van der Waals surface area contributed by atoms with E-state index >= 15 is 0 Å². The molecule has 2 aromatic rings. The van der Waals surface area contributed by atoms with Crippen molar-refractivity contribution in [3.05, 3.63) is 65.5 Å². The van der Waals surface area contributed by atoms with E-state index in [1.54, 1.807) is 55.3 Å². The van der Waals surface area contributed by atoms with Crippen LogP contribution in [-0.2, 0) is 16.1 Å². The predicted molar refractivity (Wildman–Crippen MR) is 95.4 cm³/mol. The summed E-state index contributed by atoms with van der Waals surface area (Å²) in [5.74, 6) is -0.271. The molecule has 2 aromatic carbocycles. The predicted octanol–water partition coefficient (Wildman–Crippen LogP) is 3.43. The number of rotatable bonds is 8. The van der Waals surface area contributed by atoms with Crippen LogP contribution in [0.1, 0.15) is 29.3 Å². The van der Waals surface area contributed by atoms with E-state index in [0.29, 0.717) is 17.9 Å². The minimum Gasteiger partial charge on any atom is -0.497 e. The molecule has 0 heterocycles. The van der Waals surface area contributed by atoms with E-state index in [1.807, 2.05) is 0 Å². The molecule has 0 spiro atoms. The number of methoxy groups -OCH3 is 1. The zero-order valence-electron chi connectivity index (χ0n) is 14.9. The van der Waals surface area contributed by atoms with Crippen LogP contribution in [0.25, 0.3) is 0 Å². The van der Waals surface area contributed by atoms with Gasteiger partial charge in [-0.05, 0) is 48.9 Å². The Morgan fingerprint density at radius 3 is 2.27 bits per heavy atom. The molecule has 138 valence electrons. The molecule has 0 aliphatic heterocycles. The van der Waals surface area contributed by atoms with E-state index in [9.17, 15) is 14.0 Å². The Hall–Kier alpha value is -2.89. The van der Waals surface area contributed by atoms with Gasteiger partial charge >= 0.3 is 5.97 Å². The quantitative estimate of drug-likeness (QED) is 0.678. The average Bonchev–Trinajstić information content (AvgIpc) is 2.66. The fourth-order valence-electron chi connectivity index (χ4n) is 2.44.